The minimum absolute atomic E-state index is 0.0923. The molecule has 0 aliphatic heterocycles. The van der Waals surface area contributed by atoms with Gasteiger partial charge in [-0.25, -0.2) is 13.2 Å². The first kappa shape index (κ1) is 18.9. The number of nitrogens with one attached hydrogen (secondary N) is 1. The van der Waals surface area contributed by atoms with E-state index < -0.39 is 28.0 Å². The molecular formula is C14H19NO7S. The van der Waals surface area contributed by atoms with Crippen molar-refractivity contribution in [2.24, 2.45) is 0 Å². The van der Waals surface area contributed by atoms with Crippen LogP contribution in [-0.4, -0.2) is 45.2 Å². The van der Waals surface area contributed by atoms with E-state index in [4.69, 9.17) is 9.84 Å². The highest BCUT2D eigenvalue weighted by Gasteiger charge is 2.24. The van der Waals surface area contributed by atoms with Gasteiger partial charge in [-0.1, -0.05) is 13.3 Å². The number of hydrogen-bond acceptors (Lipinski definition) is 6. The molecule has 1 unspecified atom stereocenters. The maximum atomic E-state index is 12.2. The molecule has 0 saturated carbocycles. The predicted octanol–water partition coefficient (Wildman–Crippen LogP) is 0.770. The largest absolute Gasteiger partial charge is 0.482 e. The third-order valence-electron chi connectivity index (χ3n) is 2.89. The first-order valence-electron chi connectivity index (χ1n) is 6.85. The minimum atomic E-state index is -3.96. The Morgan fingerprint density at radius 3 is 2.35 bits per heavy atom. The van der Waals surface area contributed by atoms with Crippen molar-refractivity contribution in [3.05, 3.63) is 24.3 Å². The van der Waals surface area contributed by atoms with Crippen LogP contribution in [0, 0.1) is 0 Å². The van der Waals surface area contributed by atoms with Gasteiger partial charge >= 0.3 is 11.9 Å². The summed E-state index contributed by atoms with van der Waals surface area (Å²) in [6.07, 6.45) is 0.717. The molecule has 1 rings (SSSR count). The number of carboxylic acid groups (broad SMARTS) is 1. The van der Waals surface area contributed by atoms with Crippen molar-refractivity contribution in [3.63, 3.8) is 0 Å². The molecule has 8 nitrogen and oxygen atoms in total. The van der Waals surface area contributed by atoms with Gasteiger partial charge in [-0.05, 0) is 30.7 Å². The lowest BCUT2D eigenvalue weighted by Crippen LogP contribution is -2.40. The average molecular weight is 345 g/mol. The summed E-state index contributed by atoms with van der Waals surface area (Å²) in [5, 5.41) is 9.01. The molecule has 0 fully saturated rings. The number of aliphatic carboxylic acids is 1. The van der Waals surface area contributed by atoms with Gasteiger partial charge in [0, 0.05) is 0 Å². The Hall–Kier alpha value is -2.13. The maximum Gasteiger partial charge on any atom is 0.343 e. The highest BCUT2D eigenvalue weighted by Crippen LogP contribution is 2.16. The predicted molar refractivity (Wildman–Crippen MR) is 80.6 cm³/mol. The van der Waals surface area contributed by atoms with Crippen LogP contribution in [0.5, 0.6) is 5.75 Å². The first-order valence-corrected chi connectivity index (χ1v) is 8.33. The molecule has 1 aromatic rings. The lowest BCUT2D eigenvalue weighted by Gasteiger charge is -2.14. The van der Waals surface area contributed by atoms with Crippen LogP contribution in [0.3, 0.4) is 0 Å². The van der Waals surface area contributed by atoms with Crippen molar-refractivity contribution in [3.8, 4) is 5.75 Å². The summed E-state index contributed by atoms with van der Waals surface area (Å²) in [6, 6.07) is 4.08. The fraction of sp³-hybridized carbons (Fsp3) is 0.429. The summed E-state index contributed by atoms with van der Waals surface area (Å²) >= 11 is 0. The van der Waals surface area contributed by atoms with Crippen LogP contribution < -0.4 is 9.46 Å². The summed E-state index contributed by atoms with van der Waals surface area (Å²) in [5.74, 6) is -1.50. The molecule has 23 heavy (non-hydrogen) atoms. The van der Waals surface area contributed by atoms with E-state index in [9.17, 15) is 18.0 Å². The van der Waals surface area contributed by atoms with E-state index in [1.165, 1.54) is 31.4 Å². The Bertz CT molecular complexity index is 640. The van der Waals surface area contributed by atoms with E-state index in [-0.39, 0.29) is 23.7 Å². The summed E-state index contributed by atoms with van der Waals surface area (Å²) in [4.78, 5) is 21.9. The van der Waals surface area contributed by atoms with E-state index in [1.807, 2.05) is 0 Å². The lowest BCUT2D eigenvalue weighted by molar-refractivity contribution is -0.143. The summed E-state index contributed by atoms with van der Waals surface area (Å²) < 4.78 is 36.0. The third kappa shape index (κ3) is 5.87. The number of carbonyl (C=O) groups is 2. The fourth-order valence-corrected chi connectivity index (χ4v) is 2.92. The Labute approximate surface area is 134 Å². The van der Waals surface area contributed by atoms with Crippen LogP contribution in [0.25, 0.3) is 0 Å². The normalized spacial score (nSPS) is 12.4. The second kappa shape index (κ2) is 8.49. The number of benzene rings is 1. The van der Waals surface area contributed by atoms with Crippen molar-refractivity contribution >= 4 is 22.0 Å². The van der Waals surface area contributed by atoms with Gasteiger partial charge in [-0.2, -0.15) is 4.72 Å². The number of esters is 1. The van der Waals surface area contributed by atoms with E-state index >= 15 is 0 Å². The summed E-state index contributed by atoms with van der Waals surface area (Å²) in [5.41, 5.74) is 0. The second-order valence-corrected chi connectivity index (χ2v) is 6.35. The SMILES string of the molecule is CCCC(NS(=O)(=O)c1ccc(OCC(=O)OC)cc1)C(=O)O. The standard InChI is InChI=1S/C14H19NO7S/c1-3-4-12(14(17)18)15-23(19,20)11-7-5-10(6-8-11)22-9-13(16)21-2/h5-8,12,15H,3-4,9H2,1-2H3,(H,17,18). The summed E-state index contributed by atoms with van der Waals surface area (Å²) in [6.45, 7) is 1.47. The second-order valence-electron chi connectivity index (χ2n) is 4.64. The smallest absolute Gasteiger partial charge is 0.343 e. The Kier molecular flexibility index (Phi) is 6.98. The zero-order chi connectivity index (χ0) is 17.5. The molecule has 1 atom stereocenters. The van der Waals surface area contributed by atoms with E-state index in [2.05, 4.69) is 9.46 Å². The Balaban J connectivity index is 2.80. The number of rotatable bonds is 9. The molecule has 9 heteroatoms. The monoisotopic (exact) mass is 345 g/mol. The van der Waals surface area contributed by atoms with Gasteiger partial charge in [-0.3, -0.25) is 4.79 Å². The molecule has 2 N–H and O–H groups in total. The number of hydrogen-bond donors (Lipinski definition) is 2. The van der Waals surface area contributed by atoms with Gasteiger partial charge in [0.25, 0.3) is 0 Å². The zero-order valence-corrected chi connectivity index (χ0v) is 13.6. The third-order valence-corrected chi connectivity index (χ3v) is 4.38. The van der Waals surface area contributed by atoms with E-state index in [0.29, 0.717) is 6.42 Å². The van der Waals surface area contributed by atoms with Crippen LogP contribution in [-0.2, 0) is 24.3 Å². The topological polar surface area (TPSA) is 119 Å². The highest BCUT2D eigenvalue weighted by molar-refractivity contribution is 7.89. The molecule has 0 aromatic heterocycles. The van der Waals surface area contributed by atoms with E-state index in [1.54, 1.807) is 6.92 Å². The van der Waals surface area contributed by atoms with Gasteiger partial charge in [-0.15, -0.1) is 0 Å². The summed E-state index contributed by atoms with van der Waals surface area (Å²) in [7, 11) is -2.73. The number of methoxy groups -OCH3 is 1. The van der Waals surface area contributed by atoms with Crippen molar-refractivity contribution in [2.75, 3.05) is 13.7 Å². The lowest BCUT2D eigenvalue weighted by atomic mass is 10.2. The Morgan fingerprint density at radius 1 is 1.26 bits per heavy atom. The zero-order valence-electron chi connectivity index (χ0n) is 12.8. The molecule has 0 aliphatic rings. The van der Waals surface area contributed by atoms with Crippen LogP contribution in [0.4, 0.5) is 0 Å². The van der Waals surface area contributed by atoms with Gasteiger partial charge < -0.3 is 14.6 Å². The van der Waals surface area contributed by atoms with Gasteiger partial charge in [0.2, 0.25) is 10.0 Å². The maximum absolute atomic E-state index is 12.2. The van der Waals surface area contributed by atoms with Crippen LogP contribution in [0.2, 0.25) is 0 Å². The van der Waals surface area contributed by atoms with Crippen LogP contribution in [0.15, 0.2) is 29.2 Å². The number of ether oxygens (including phenoxy) is 2. The number of carboxylic acids is 1. The van der Waals surface area contributed by atoms with Crippen LogP contribution >= 0.6 is 0 Å². The van der Waals surface area contributed by atoms with Crippen molar-refractivity contribution in [2.45, 2.75) is 30.7 Å². The quantitative estimate of drug-likeness (QED) is 0.634. The van der Waals surface area contributed by atoms with Gasteiger partial charge in [0.15, 0.2) is 6.61 Å². The minimum Gasteiger partial charge on any atom is -0.482 e. The van der Waals surface area contributed by atoms with Crippen molar-refractivity contribution < 1.29 is 32.6 Å². The molecule has 0 spiro atoms. The van der Waals surface area contributed by atoms with Crippen molar-refractivity contribution in [1.29, 1.82) is 0 Å². The van der Waals surface area contributed by atoms with E-state index in [0.717, 1.165) is 0 Å². The Morgan fingerprint density at radius 2 is 1.87 bits per heavy atom. The molecule has 0 heterocycles. The number of sulfonamides is 1. The highest BCUT2D eigenvalue weighted by atomic mass is 32.2. The van der Waals surface area contributed by atoms with Gasteiger partial charge in [0.05, 0.1) is 12.0 Å². The average Bonchev–Trinajstić information content (AvgIpc) is 2.52. The molecule has 128 valence electrons. The molecule has 0 bridgehead atoms. The molecule has 0 amide bonds. The fourth-order valence-electron chi connectivity index (χ4n) is 1.69. The first-order chi connectivity index (χ1) is 10.8. The molecule has 0 aliphatic carbocycles. The number of carbonyl (C=O) groups excluding carboxylic acids is 1. The van der Waals surface area contributed by atoms with Gasteiger partial charge in [0.1, 0.15) is 11.8 Å². The van der Waals surface area contributed by atoms with Crippen molar-refractivity contribution in [1.82, 2.24) is 4.72 Å². The molecular weight excluding hydrogens is 326 g/mol. The molecule has 0 saturated heterocycles. The van der Waals surface area contributed by atoms with Crippen LogP contribution in [0.1, 0.15) is 19.8 Å². The molecule has 1 aromatic carbocycles. The molecule has 0 radical (unpaired) electrons.